The van der Waals surface area contributed by atoms with Crippen molar-refractivity contribution in [3.05, 3.63) is 107 Å². The Bertz CT molecular complexity index is 2420. The van der Waals surface area contributed by atoms with Crippen LogP contribution in [0.4, 0.5) is 0 Å². The number of benzene rings is 2. The van der Waals surface area contributed by atoms with Crippen LogP contribution < -0.4 is 10.9 Å². The fourth-order valence-electron chi connectivity index (χ4n) is 8.74. The second-order valence-corrected chi connectivity index (χ2v) is 18.2. The fourth-order valence-corrected chi connectivity index (χ4v) is 10.7. The molecule has 0 bridgehead atoms. The molecule has 14 heteroatoms. The number of aliphatic hydroxyl groups is 2. The van der Waals surface area contributed by atoms with E-state index >= 15 is 0 Å². The number of phenolic OH excluding ortho intramolecular Hbond substituents is 1. The van der Waals surface area contributed by atoms with Crippen LogP contribution in [0.2, 0.25) is 0 Å². The molecule has 1 atom stereocenters. The third-order valence-corrected chi connectivity index (χ3v) is 14.0. The van der Waals surface area contributed by atoms with Crippen LogP contribution in [0, 0.1) is 13.8 Å². The number of phenols is 1. The average molecular weight is 811 g/mol. The van der Waals surface area contributed by atoms with Gasteiger partial charge in [0.2, 0.25) is 11.2 Å². The maximum atomic E-state index is 13.7. The van der Waals surface area contributed by atoms with Crippen LogP contribution in [0.15, 0.2) is 59.4 Å². The first-order valence-electron chi connectivity index (χ1n) is 19.9. The number of thiophene rings is 2. The van der Waals surface area contributed by atoms with Gasteiger partial charge >= 0.3 is 5.97 Å². The molecule has 8 rings (SSSR count). The lowest BCUT2D eigenvalue weighted by molar-refractivity contribution is -0.169. The third kappa shape index (κ3) is 7.91. The van der Waals surface area contributed by atoms with Gasteiger partial charge in [-0.1, -0.05) is 11.3 Å². The standard InChI is InChI=1S/C43H50N6O6S2/c1-25-8-17-37(56-25)43(54,38-18-9-26(2)57-38)42(53)55-29-12-10-28(11-13-29)48(3)20-5-21-49-41-33-7-4-6-30(33)27(22-34(41)46-47-49)23-44-24-36(51)31-14-16-35(50)40-32(31)15-19-39(52)45-40/h8-9,14-19,22,28-29,36,44,50-51,54H,4-7,10-13,20-21,23-24H2,1-3H3,(H,45,52)/t28?,29?,36-/m0/s1. The molecule has 2 aliphatic rings. The van der Waals surface area contributed by atoms with Gasteiger partial charge in [0.15, 0.2) is 0 Å². The van der Waals surface area contributed by atoms with Crippen molar-refractivity contribution < 1.29 is 24.9 Å². The maximum absolute atomic E-state index is 13.7. The zero-order chi connectivity index (χ0) is 39.8. The highest BCUT2D eigenvalue weighted by atomic mass is 32.1. The second kappa shape index (κ2) is 16.4. The number of carbonyl (C=O) groups is 1. The first kappa shape index (κ1) is 39.4. The number of fused-ring (bicyclic) bond motifs is 4. The van der Waals surface area contributed by atoms with Crippen molar-refractivity contribution in [3.8, 4) is 5.75 Å². The van der Waals surface area contributed by atoms with Crippen LogP contribution in [0.1, 0.15) is 86.4 Å². The molecule has 0 spiro atoms. The number of hydrogen-bond donors (Lipinski definition) is 5. The quantitative estimate of drug-likeness (QED) is 0.0807. The van der Waals surface area contributed by atoms with Gasteiger partial charge in [-0.05, 0) is 144 Å². The number of nitrogens with zero attached hydrogens (tertiary/aromatic N) is 4. The number of aromatic amines is 1. The molecule has 0 aliphatic heterocycles. The number of aromatic hydroxyl groups is 1. The summed E-state index contributed by atoms with van der Waals surface area (Å²) in [6, 6.07) is 16.2. The van der Waals surface area contributed by atoms with Gasteiger partial charge in [0.05, 0.1) is 26.9 Å². The van der Waals surface area contributed by atoms with Gasteiger partial charge in [0.25, 0.3) is 0 Å². The zero-order valence-corrected chi connectivity index (χ0v) is 34.2. The molecule has 1 saturated carbocycles. The van der Waals surface area contributed by atoms with E-state index in [-0.39, 0.29) is 17.4 Å². The van der Waals surface area contributed by atoms with E-state index in [1.807, 2.05) is 38.1 Å². The van der Waals surface area contributed by atoms with E-state index in [0.29, 0.717) is 45.4 Å². The predicted molar refractivity (Wildman–Crippen MR) is 223 cm³/mol. The summed E-state index contributed by atoms with van der Waals surface area (Å²) in [5.41, 5.74) is 4.68. The second-order valence-electron chi connectivity index (χ2n) is 15.7. The molecule has 300 valence electrons. The predicted octanol–water partition coefficient (Wildman–Crippen LogP) is 6.14. The molecule has 5 N–H and O–H groups in total. The van der Waals surface area contributed by atoms with E-state index in [0.717, 1.165) is 85.2 Å². The largest absolute Gasteiger partial charge is 0.506 e. The molecule has 57 heavy (non-hydrogen) atoms. The van der Waals surface area contributed by atoms with Gasteiger partial charge in [-0.3, -0.25) is 4.79 Å². The van der Waals surface area contributed by atoms with Crippen LogP contribution in [-0.4, -0.2) is 78.4 Å². The van der Waals surface area contributed by atoms with Crippen molar-refractivity contribution >= 4 is 50.6 Å². The van der Waals surface area contributed by atoms with Crippen LogP contribution >= 0.6 is 22.7 Å². The number of hydrogen-bond acceptors (Lipinski definition) is 12. The number of aryl methyl sites for hydroxylation is 4. The minimum atomic E-state index is -1.80. The highest BCUT2D eigenvalue weighted by Gasteiger charge is 2.45. The van der Waals surface area contributed by atoms with Gasteiger partial charge < -0.3 is 35.3 Å². The van der Waals surface area contributed by atoms with Gasteiger partial charge in [-0.15, -0.1) is 27.8 Å². The minimum Gasteiger partial charge on any atom is -0.506 e. The topological polar surface area (TPSA) is 166 Å². The number of aliphatic hydroxyl groups excluding tert-OH is 1. The Morgan fingerprint density at radius 3 is 2.46 bits per heavy atom. The number of aromatic nitrogens is 4. The number of esters is 1. The molecule has 0 radical (unpaired) electrons. The average Bonchev–Trinajstić information content (AvgIpc) is 4.03. The Balaban J connectivity index is 0.844. The Kier molecular flexibility index (Phi) is 11.4. The van der Waals surface area contributed by atoms with Gasteiger partial charge in [0, 0.05) is 46.9 Å². The molecule has 2 aromatic carbocycles. The van der Waals surface area contributed by atoms with E-state index < -0.39 is 17.7 Å². The van der Waals surface area contributed by atoms with Crippen molar-refractivity contribution in [2.45, 2.75) is 102 Å². The molecule has 0 unspecified atom stereocenters. The number of pyridine rings is 1. The molecule has 4 aromatic heterocycles. The van der Waals surface area contributed by atoms with E-state index in [9.17, 15) is 24.9 Å². The summed E-state index contributed by atoms with van der Waals surface area (Å²) in [5, 5.41) is 46.4. The van der Waals surface area contributed by atoms with Crippen molar-refractivity contribution in [3.63, 3.8) is 0 Å². The molecule has 4 heterocycles. The molecule has 12 nitrogen and oxygen atoms in total. The number of carbonyl (C=O) groups excluding carboxylic acids is 1. The summed E-state index contributed by atoms with van der Waals surface area (Å²) in [5.74, 6) is -0.618. The molecule has 2 aliphatic carbocycles. The normalized spacial score (nSPS) is 17.8. The zero-order valence-electron chi connectivity index (χ0n) is 32.6. The fraction of sp³-hybridized carbons (Fsp3) is 0.442. The summed E-state index contributed by atoms with van der Waals surface area (Å²) in [6.07, 6.45) is 6.28. The molecule has 1 fully saturated rings. The molecule has 0 saturated heterocycles. The number of rotatable bonds is 14. The summed E-state index contributed by atoms with van der Waals surface area (Å²) in [7, 11) is 2.17. The summed E-state index contributed by atoms with van der Waals surface area (Å²) in [4.78, 5) is 33.8. The lowest BCUT2D eigenvalue weighted by Gasteiger charge is -2.35. The Morgan fingerprint density at radius 1 is 1.04 bits per heavy atom. The first-order valence-corrected chi connectivity index (χ1v) is 21.5. The van der Waals surface area contributed by atoms with Crippen molar-refractivity contribution in [2.24, 2.45) is 0 Å². The lowest BCUT2D eigenvalue weighted by Crippen LogP contribution is -2.42. The Morgan fingerprint density at radius 2 is 1.75 bits per heavy atom. The van der Waals surface area contributed by atoms with E-state index in [1.165, 1.54) is 51.5 Å². The van der Waals surface area contributed by atoms with E-state index in [2.05, 4.69) is 43.3 Å². The SMILES string of the molecule is Cc1ccc(C(O)(C(=O)OC2CCC(N(C)CCCn3nnc4cc(CNC[C@H](O)c5ccc(O)c6[nH]c(=O)ccc56)c5c(c43)CCC5)CC2)c2ccc(C)s2)s1. The number of nitrogens with one attached hydrogen (secondary N) is 2. The van der Waals surface area contributed by atoms with Crippen LogP contribution in [0.25, 0.3) is 21.9 Å². The Labute approximate surface area is 339 Å². The van der Waals surface area contributed by atoms with Gasteiger partial charge in [-0.2, -0.15) is 0 Å². The smallest absolute Gasteiger partial charge is 0.349 e. The molecule has 0 amide bonds. The van der Waals surface area contributed by atoms with Crippen molar-refractivity contribution in [1.29, 1.82) is 0 Å². The van der Waals surface area contributed by atoms with Gasteiger partial charge in [-0.25, -0.2) is 9.48 Å². The van der Waals surface area contributed by atoms with Crippen LogP contribution in [0.5, 0.6) is 5.75 Å². The summed E-state index contributed by atoms with van der Waals surface area (Å²) >= 11 is 2.85. The van der Waals surface area contributed by atoms with E-state index in [1.54, 1.807) is 12.1 Å². The summed E-state index contributed by atoms with van der Waals surface area (Å²) < 4.78 is 8.12. The summed E-state index contributed by atoms with van der Waals surface area (Å²) in [6.45, 7) is 6.49. The third-order valence-electron chi connectivity index (χ3n) is 11.8. The maximum Gasteiger partial charge on any atom is 0.349 e. The Hall–Kier alpha value is -4.44. The van der Waals surface area contributed by atoms with Gasteiger partial charge in [0.1, 0.15) is 17.4 Å². The number of ether oxygens (including phenoxy) is 1. The number of H-pyrrole nitrogens is 1. The lowest BCUT2D eigenvalue weighted by atomic mass is 9.91. The van der Waals surface area contributed by atoms with E-state index in [4.69, 9.17) is 4.74 Å². The highest BCUT2D eigenvalue weighted by molar-refractivity contribution is 7.14. The molecular formula is C43H50N6O6S2. The molecular weight excluding hydrogens is 761 g/mol. The van der Waals surface area contributed by atoms with Crippen molar-refractivity contribution in [1.82, 2.24) is 30.2 Å². The highest BCUT2D eigenvalue weighted by Crippen LogP contribution is 2.40. The van der Waals surface area contributed by atoms with Crippen molar-refractivity contribution in [2.75, 3.05) is 20.1 Å². The first-order chi connectivity index (χ1) is 27.5. The molecule has 6 aromatic rings. The van der Waals surface area contributed by atoms with Crippen LogP contribution in [0.3, 0.4) is 0 Å². The van der Waals surface area contributed by atoms with Crippen LogP contribution in [-0.2, 0) is 41.1 Å². The monoisotopic (exact) mass is 810 g/mol. The minimum absolute atomic E-state index is 0.0316.